The zero-order valence-electron chi connectivity index (χ0n) is 11.6. The first-order chi connectivity index (χ1) is 10.6. The molecule has 0 aliphatic heterocycles. The number of halogens is 1. The number of esters is 1. The first-order valence-electron chi connectivity index (χ1n) is 6.35. The Balaban J connectivity index is 1.98. The van der Waals surface area contributed by atoms with Gasteiger partial charge in [-0.1, -0.05) is 23.4 Å². The first kappa shape index (κ1) is 16.3. The quantitative estimate of drug-likeness (QED) is 0.619. The third-order valence-electron chi connectivity index (χ3n) is 2.48. The Bertz CT molecular complexity index is 663. The third-order valence-corrected chi connectivity index (χ3v) is 3.68. The van der Waals surface area contributed by atoms with Crippen molar-refractivity contribution in [1.29, 1.82) is 0 Å². The van der Waals surface area contributed by atoms with Gasteiger partial charge in [-0.2, -0.15) is 5.10 Å². The molecule has 7 nitrogen and oxygen atoms in total. The minimum absolute atomic E-state index is 0.159. The molecule has 0 aliphatic rings. The number of nitrogens with zero attached hydrogens (tertiary/aromatic N) is 2. The molecule has 2 aromatic rings. The molecule has 1 amide bonds. The second kappa shape index (κ2) is 7.81. The summed E-state index contributed by atoms with van der Waals surface area (Å²) in [7, 11) is 0. The molecule has 2 N–H and O–H groups in total. The van der Waals surface area contributed by atoms with Crippen molar-refractivity contribution in [2.75, 3.05) is 17.7 Å². The topological polar surface area (TPSA) is 97.0 Å². The fourth-order valence-corrected chi connectivity index (χ4v) is 2.34. The highest BCUT2D eigenvalue weighted by Gasteiger charge is 2.13. The zero-order valence-corrected chi connectivity index (χ0v) is 13.2. The Hall–Kier alpha value is -2.06. The minimum Gasteiger partial charge on any atom is -0.462 e. The minimum atomic E-state index is -0.528. The Labute approximate surface area is 135 Å². The summed E-state index contributed by atoms with van der Waals surface area (Å²) >= 11 is 7.17. The van der Waals surface area contributed by atoms with E-state index in [9.17, 15) is 9.59 Å². The van der Waals surface area contributed by atoms with Crippen LogP contribution in [0.15, 0.2) is 29.7 Å². The summed E-state index contributed by atoms with van der Waals surface area (Å²) in [6.07, 6.45) is 1.37. The van der Waals surface area contributed by atoms with Gasteiger partial charge in [0.25, 0.3) is 0 Å². The fourth-order valence-electron chi connectivity index (χ4n) is 1.56. The maximum atomic E-state index is 11.9. The van der Waals surface area contributed by atoms with Crippen LogP contribution >= 0.6 is 23.4 Å². The van der Waals surface area contributed by atoms with E-state index < -0.39 is 5.97 Å². The summed E-state index contributed by atoms with van der Waals surface area (Å²) in [5.74, 6) is -0.606. The Morgan fingerprint density at radius 2 is 2.27 bits per heavy atom. The van der Waals surface area contributed by atoms with E-state index in [1.807, 2.05) is 0 Å². The van der Waals surface area contributed by atoms with Crippen molar-refractivity contribution in [3.05, 3.63) is 35.1 Å². The van der Waals surface area contributed by atoms with Gasteiger partial charge in [0, 0.05) is 5.69 Å². The number of rotatable bonds is 6. The van der Waals surface area contributed by atoms with Crippen LogP contribution < -0.4 is 5.32 Å². The lowest BCUT2D eigenvalue weighted by Gasteiger charge is -2.08. The number of aromatic amines is 1. The predicted molar refractivity (Wildman–Crippen MR) is 83.1 cm³/mol. The number of nitrogens with one attached hydrogen (secondary N) is 2. The molecule has 0 saturated heterocycles. The molecule has 0 aliphatic carbocycles. The number of anilines is 1. The fraction of sp³-hybridized carbons (Fsp3) is 0.231. The van der Waals surface area contributed by atoms with Crippen LogP contribution in [0.3, 0.4) is 0 Å². The van der Waals surface area contributed by atoms with E-state index in [1.54, 1.807) is 13.0 Å². The van der Waals surface area contributed by atoms with Gasteiger partial charge in [-0.3, -0.25) is 9.89 Å². The molecule has 0 radical (unpaired) electrons. The summed E-state index contributed by atoms with van der Waals surface area (Å²) in [6.45, 7) is 1.96. The molecule has 0 bridgehead atoms. The van der Waals surface area contributed by atoms with E-state index in [4.69, 9.17) is 16.3 Å². The van der Waals surface area contributed by atoms with E-state index in [1.165, 1.54) is 30.2 Å². The second-order valence-corrected chi connectivity index (χ2v) is 5.41. The lowest BCUT2D eigenvalue weighted by atomic mass is 10.2. The monoisotopic (exact) mass is 340 g/mol. The van der Waals surface area contributed by atoms with Gasteiger partial charge in [0.15, 0.2) is 5.16 Å². The van der Waals surface area contributed by atoms with Crippen LogP contribution in [-0.4, -0.2) is 39.4 Å². The van der Waals surface area contributed by atoms with Crippen LogP contribution in [0.5, 0.6) is 0 Å². The van der Waals surface area contributed by atoms with Gasteiger partial charge >= 0.3 is 5.97 Å². The number of hydrogen-bond donors (Lipinski definition) is 2. The van der Waals surface area contributed by atoms with Crippen molar-refractivity contribution in [3.63, 3.8) is 0 Å². The Morgan fingerprint density at radius 3 is 2.95 bits per heavy atom. The van der Waals surface area contributed by atoms with Crippen molar-refractivity contribution in [2.24, 2.45) is 0 Å². The van der Waals surface area contributed by atoms with Crippen molar-refractivity contribution in [3.8, 4) is 0 Å². The maximum absolute atomic E-state index is 11.9. The highest BCUT2D eigenvalue weighted by atomic mass is 35.5. The smallest absolute Gasteiger partial charge is 0.339 e. The molecule has 0 saturated carbocycles. The molecule has 1 aromatic heterocycles. The van der Waals surface area contributed by atoms with Gasteiger partial charge in [0.2, 0.25) is 5.91 Å². The van der Waals surface area contributed by atoms with Crippen molar-refractivity contribution >= 4 is 40.9 Å². The van der Waals surface area contributed by atoms with Gasteiger partial charge in [0.1, 0.15) is 6.33 Å². The van der Waals surface area contributed by atoms with E-state index in [-0.39, 0.29) is 28.9 Å². The molecule has 0 spiro atoms. The average molecular weight is 341 g/mol. The highest BCUT2D eigenvalue weighted by molar-refractivity contribution is 7.99. The van der Waals surface area contributed by atoms with Gasteiger partial charge < -0.3 is 10.1 Å². The predicted octanol–water partition coefficient (Wildman–Crippen LogP) is 2.37. The number of aromatic nitrogens is 3. The lowest BCUT2D eigenvalue weighted by molar-refractivity contribution is -0.113. The molecule has 1 heterocycles. The van der Waals surface area contributed by atoms with Gasteiger partial charge in [0.05, 0.1) is 22.9 Å². The standard InChI is InChI=1S/C13H13ClN4O3S/c1-2-21-12(20)9-5-8(3-4-10(9)14)17-11(19)6-22-13-15-7-16-18-13/h3-5,7H,2,6H2,1H3,(H,17,19)(H,15,16,18). The number of thioether (sulfide) groups is 1. The van der Waals surface area contributed by atoms with Crippen LogP contribution in [0.2, 0.25) is 5.02 Å². The zero-order chi connectivity index (χ0) is 15.9. The number of carbonyl (C=O) groups excluding carboxylic acids is 2. The van der Waals surface area contributed by atoms with Gasteiger partial charge in [-0.05, 0) is 25.1 Å². The second-order valence-electron chi connectivity index (χ2n) is 4.04. The van der Waals surface area contributed by atoms with Crippen LogP contribution in [-0.2, 0) is 9.53 Å². The normalized spacial score (nSPS) is 10.3. The number of carbonyl (C=O) groups is 2. The summed E-state index contributed by atoms with van der Waals surface area (Å²) in [5.41, 5.74) is 0.680. The summed E-state index contributed by atoms with van der Waals surface area (Å²) in [6, 6.07) is 4.63. The van der Waals surface area contributed by atoms with E-state index in [0.717, 1.165) is 0 Å². The average Bonchev–Trinajstić information content (AvgIpc) is 3.01. The van der Waals surface area contributed by atoms with Crippen LogP contribution in [0.1, 0.15) is 17.3 Å². The summed E-state index contributed by atoms with van der Waals surface area (Å²) < 4.78 is 4.91. The molecule has 22 heavy (non-hydrogen) atoms. The molecule has 116 valence electrons. The Kier molecular flexibility index (Phi) is 5.79. The molecule has 0 atom stereocenters. The maximum Gasteiger partial charge on any atom is 0.339 e. The molecular formula is C13H13ClN4O3S. The molecule has 1 aromatic carbocycles. The summed E-state index contributed by atoms with van der Waals surface area (Å²) in [5, 5.41) is 9.84. The number of ether oxygens (including phenoxy) is 1. The first-order valence-corrected chi connectivity index (χ1v) is 7.71. The SMILES string of the molecule is CCOC(=O)c1cc(NC(=O)CSc2ncn[nH]2)ccc1Cl. The molecular weight excluding hydrogens is 328 g/mol. The summed E-state index contributed by atoms with van der Waals surface area (Å²) in [4.78, 5) is 27.5. The number of H-pyrrole nitrogens is 1. The third kappa shape index (κ3) is 4.47. The Morgan fingerprint density at radius 1 is 1.45 bits per heavy atom. The van der Waals surface area contributed by atoms with Crippen molar-refractivity contribution in [2.45, 2.75) is 12.1 Å². The van der Waals surface area contributed by atoms with Crippen LogP contribution in [0.4, 0.5) is 5.69 Å². The van der Waals surface area contributed by atoms with E-state index >= 15 is 0 Å². The number of hydrogen-bond acceptors (Lipinski definition) is 6. The molecule has 0 fully saturated rings. The number of benzene rings is 1. The van der Waals surface area contributed by atoms with Crippen LogP contribution in [0.25, 0.3) is 0 Å². The van der Waals surface area contributed by atoms with Crippen molar-refractivity contribution < 1.29 is 14.3 Å². The molecule has 2 rings (SSSR count). The largest absolute Gasteiger partial charge is 0.462 e. The lowest BCUT2D eigenvalue weighted by Crippen LogP contribution is -2.15. The molecule has 9 heteroatoms. The van der Waals surface area contributed by atoms with Gasteiger partial charge in [-0.25, -0.2) is 9.78 Å². The number of amides is 1. The van der Waals surface area contributed by atoms with E-state index in [2.05, 4.69) is 20.5 Å². The van der Waals surface area contributed by atoms with E-state index in [0.29, 0.717) is 10.8 Å². The highest BCUT2D eigenvalue weighted by Crippen LogP contribution is 2.22. The van der Waals surface area contributed by atoms with Crippen molar-refractivity contribution in [1.82, 2.24) is 15.2 Å². The van der Waals surface area contributed by atoms with Gasteiger partial charge in [-0.15, -0.1) is 0 Å². The van der Waals surface area contributed by atoms with Crippen LogP contribution in [0, 0.1) is 0 Å². The molecule has 0 unspecified atom stereocenters.